The summed E-state index contributed by atoms with van der Waals surface area (Å²) in [6.07, 6.45) is 2.72. The van der Waals surface area contributed by atoms with Crippen molar-refractivity contribution in [2.24, 2.45) is 5.92 Å². The van der Waals surface area contributed by atoms with Crippen molar-refractivity contribution in [3.05, 3.63) is 48.2 Å². The van der Waals surface area contributed by atoms with Gasteiger partial charge in [0.2, 0.25) is 0 Å². The number of aliphatic hydroxyl groups excluding tert-OH is 1. The lowest BCUT2D eigenvalue weighted by atomic mass is 9.97. The lowest BCUT2D eigenvalue weighted by Crippen LogP contribution is -2.35. The summed E-state index contributed by atoms with van der Waals surface area (Å²) in [5.74, 6) is 0.0655. The van der Waals surface area contributed by atoms with Crippen molar-refractivity contribution in [1.82, 2.24) is 0 Å². The third-order valence-electron chi connectivity index (χ3n) is 3.05. The highest BCUT2D eigenvalue weighted by Gasteiger charge is 2.26. The van der Waals surface area contributed by atoms with Crippen LogP contribution in [-0.4, -0.2) is 23.9 Å². The van der Waals surface area contributed by atoms with E-state index in [2.05, 4.69) is 0 Å². The van der Waals surface area contributed by atoms with Crippen LogP contribution in [0.2, 0.25) is 0 Å². The van der Waals surface area contributed by atoms with Crippen molar-refractivity contribution in [1.29, 1.82) is 0 Å². The molecule has 1 heterocycles. The van der Waals surface area contributed by atoms with E-state index >= 15 is 0 Å². The molecule has 0 aromatic heterocycles. The maximum atomic E-state index is 9.64. The van der Waals surface area contributed by atoms with Crippen LogP contribution in [0.15, 0.2) is 42.7 Å². The molecule has 92 valence electrons. The van der Waals surface area contributed by atoms with Gasteiger partial charge < -0.3 is 14.6 Å². The topological polar surface area (TPSA) is 38.7 Å². The summed E-state index contributed by atoms with van der Waals surface area (Å²) in [5, 5.41) is 9.64. The fourth-order valence-electron chi connectivity index (χ4n) is 1.80. The number of hydrogen-bond acceptors (Lipinski definition) is 3. The minimum Gasteiger partial charge on any atom is -0.495 e. The molecule has 0 spiro atoms. The van der Waals surface area contributed by atoms with Gasteiger partial charge in [-0.15, -0.1) is 0 Å². The van der Waals surface area contributed by atoms with Gasteiger partial charge in [-0.3, -0.25) is 0 Å². The molecule has 1 aromatic rings. The molecule has 1 aliphatic rings. The van der Waals surface area contributed by atoms with Gasteiger partial charge in [0, 0.05) is 5.92 Å². The molecule has 3 unspecified atom stereocenters. The molecule has 1 aromatic carbocycles. The van der Waals surface area contributed by atoms with E-state index in [4.69, 9.17) is 9.47 Å². The first-order chi connectivity index (χ1) is 8.27. The Bertz CT molecular complexity index is 361. The zero-order valence-corrected chi connectivity index (χ0v) is 9.95. The minimum absolute atomic E-state index is 0.0655. The van der Waals surface area contributed by atoms with Crippen LogP contribution in [0.4, 0.5) is 0 Å². The molecule has 3 nitrogen and oxygen atoms in total. The van der Waals surface area contributed by atoms with Crippen molar-refractivity contribution in [2.75, 3.05) is 6.61 Å². The van der Waals surface area contributed by atoms with E-state index in [1.165, 1.54) is 0 Å². The Hall–Kier alpha value is -1.32. The number of ether oxygens (including phenoxy) is 2. The molecule has 1 N–H and O–H groups in total. The van der Waals surface area contributed by atoms with Crippen LogP contribution in [-0.2, 0) is 16.1 Å². The fourth-order valence-corrected chi connectivity index (χ4v) is 1.80. The van der Waals surface area contributed by atoms with Gasteiger partial charge in [-0.25, -0.2) is 0 Å². The van der Waals surface area contributed by atoms with Gasteiger partial charge >= 0.3 is 0 Å². The average Bonchev–Trinajstić information content (AvgIpc) is 2.36. The highest BCUT2D eigenvalue weighted by molar-refractivity contribution is 5.13. The number of aliphatic hydroxyl groups is 1. The molecule has 0 radical (unpaired) electrons. The molecule has 0 bridgehead atoms. The number of benzene rings is 1. The maximum Gasteiger partial charge on any atom is 0.126 e. The molecular weight excluding hydrogens is 216 g/mol. The second kappa shape index (κ2) is 5.84. The Balaban J connectivity index is 1.77. The normalized spacial score (nSPS) is 27.8. The standard InChI is InChI=1S/C14H18O3/c1-11-13(15)7-8-17-14(11)10-16-9-12-5-3-2-4-6-12/h2-8,11,13-15H,9-10H2,1H3. The van der Waals surface area contributed by atoms with Gasteiger partial charge in [0.1, 0.15) is 6.10 Å². The molecule has 1 aliphatic heterocycles. The van der Waals surface area contributed by atoms with E-state index in [0.29, 0.717) is 13.2 Å². The van der Waals surface area contributed by atoms with Gasteiger partial charge in [-0.05, 0) is 11.6 Å². The average molecular weight is 234 g/mol. The van der Waals surface area contributed by atoms with E-state index in [0.717, 1.165) is 5.56 Å². The second-order valence-electron chi connectivity index (χ2n) is 4.35. The van der Waals surface area contributed by atoms with Crippen molar-refractivity contribution in [3.63, 3.8) is 0 Å². The molecule has 0 amide bonds. The highest BCUT2D eigenvalue weighted by atomic mass is 16.5. The Kier molecular flexibility index (Phi) is 4.18. The van der Waals surface area contributed by atoms with Crippen LogP contribution in [0.1, 0.15) is 12.5 Å². The maximum absolute atomic E-state index is 9.64. The number of hydrogen-bond donors (Lipinski definition) is 1. The lowest BCUT2D eigenvalue weighted by molar-refractivity contribution is -0.0452. The second-order valence-corrected chi connectivity index (χ2v) is 4.35. The van der Waals surface area contributed by atoms with E-state index < -0.39 is 6.10 Å². The summed E-state index contributed by atoms with van der Waals surface area (Å²) < 4.78 is 11.0. The summed E-state index contributed by atoms with van der Waals surface area (Å²) in [7, 11) is 0. The van der Waals surface area contributed by atoms with Gasteiger partial charge in [0.25, 0.3) is 0 Å². The molecule has 0 saturated heterocycles. The largest absolute Gasteiger partial charge is 0.495 e. The lowest BCUT2D eigenvalue weighted by Gasteiger charge is -2.29. The third kappa shape index (κ3) is 3.32. The zero-order chi connectivity index (χ0) is 12.1. The van der Waals surface area contributed by atoms with Crippen molar-refractivity contribution >= 4 is 0 Å². The first-order valence-electron chi connectivity index (χ1n) is 5.89. The Morgan fingerprint density at radius 3 is 2.82 bits per heavy atom. The van der Waals surface area contributed by atoms with Crippen LogP contribution in [0, 0.1) is 5.92 Å². The van der Waals surface area contributed by atoms with Crippen LogP contribution in [0.5, 0.6) is 0 Å². The van der Waals surface area contributed by atoms with Crippen LogP contribution < -0.4 is 0 Å². The summed E-state index contributed by atoms with van der Waals surface area (Å²) in [6.45, 7) is 3.04. The van der Waals surface area contributed by atoms with Crippen molar-refractivity contribution in [3.8, 4) is 0 Å². The smallest absolute Gasteiger partial charge is 0.126 e. The summed E-state index contributed by atoms with van der Waals surface area (Å²) in [4.78, 5) is 0. The SMILES string of the molecule is CC1C(O)C=COC1COCc1ccccc1. The van der Waals surface area contributed by atoms with E-state index in [-0.39, 0.29) is 12.0 Å². The quantitative estimate of drug-likeness (QED) is 0.867. The number of rotatable bonds is 4. The molecule has 0 aliphatic carbocycles. The van der Waals surface area contributed by atoms with Crippen LogP contribution in [0.25, 0.3) is 0 Å². The van der Waals surface area contributed by atoms with E-state index in [1.54, 1.807) is 12.3 Å². The predicted octanol–water partition coefficient (Wildman–Crippen LogP) is 2.11. The van der Waals surface area contributed by atoms with Gasteiger partial charge in [0.05, 0.1) is 25.6 Å². The molecule has 3 heteroatoms. The van der Waals surface area contributed by atoms with E-state index in [9.17, 15) is 5.11 Å². The summed E-state index contributed by atoms with van der Waals surface area (Å²) >= 11 is 0. The first-order valence-corrected chi connectivity index (χ1v) is 5.89. The van der Waals surface area contributed by atoms with Crippen molar-refractivity contribution in [2.45, 2.75) is 25.7 Å². The monoisotopic (exact) mass is 234 g/mol. The third-order valence-corrected chi connectivity index (χ3v) is 3.05. The summed E-state index contributed by atoms with van der Waals surface area (Å²) in [6, 6.07) is 10.0. The van der Waals surface area contributed by atoms with E-state index in [1.807, 2.05) is 37.3 Å². The molecular formula is C14H18O3. The molecule has 17 heavy (non-hydrogen) atoms. The molecule has 0 fully saturated rings. The first kappa shape index (κ1) is 12.1. The summed E-state index contributed by atoms with van der Waals surface area (Å²) in [5.41, 5.74) is 1.15. The van der Waals surface area contributed by atoms with Crippen LogP contribution >= 0.6 is 0 Å². The van der Waals surface area contributed by atoms with Crippen molar-refractivity contribution < 1.29 is 14.6 Å². The Morgan fingerprint density at radius 2 is 2.06 bits per heavy atom. The Labute approximate surface area is 102 Å². The minimum atomic E-state index is -0.436. The fraction of sp³-hybridized carbons (Fsp3) is 0.429. The molecule has 2 rings (SSSR count). The predicted molar refractivity (Wildman–Crippen MR) is 65.3 cm³/mol. The zero-order valence-electron chi connectivity index (χ0n) is 9.95. The van der Waals surface area contributed by atoms with Gasteiger partial charge in [-0.1, -0.05) is 37.3 Å². The van der Waals surface area contributed by atoms with Gasteiger partial charge in [0.15, 0.2) is 0 Å². The molecule has 0 saturated carbocycles. The highest BCUT2D eigenvalue weighted by Crippen LogP contribution is 2.19. The Morgan fingerprint density at radius 1 is 1.29 bits per heavy atom. The van der Waals surface area contributed by atoms with Gasteiger partial charge in [-0.2, -0.15) is 0 Å². The molecule has 3 atom stereocenters. The van der Waals surface area contributed by atoms with Crippen LogP contribution in [0.3, 0.4) is 0 Å².